The van der Waals surface area contributed by atoms with Crippen LogP contribution in [0.25, 0.3) is 0 Å². The van der Waals surface area contributed by atoms with Gasteiger partial charge in [0, 0.05) is 32.6 Å². The van der Waals surface area contributed by atoms with E-state index in [4.69, 9.17) is 0 Å². The van der Waals surface area contributed by atoms with Crippen LogP contribution in [0, 0.1) is 0 Å². The number of aryl methyl sites for hydroxylation is 2. The summed E-state index contributed by atoms with van der Waals surface area (Å²) >= 11 is 0. The Kier molecular flexibility index (Phi) is 2.43. The first kappa shape index (κ1) is 10.7. The van der Waals surface area contributed by atoms with Crippen molar-refractivity contribution in [2.75, 3.05) is 4.72 Å². The van der Waals surface area contributed by atoms with Crippen molar-refractivity contribution in [2.45, 2.75) is 4.90 Å². The van der Waals surface area contributed by atoms with Crippen LogP contribution in [-0.4, -0.2) is 28.0 Å². The minimum absolute atomic E-state index is 0.112. The van der Waals surface area contributed by atoms with Crippen LogP contribution in [0.15, 0.2) is 29.6 Å². The molecule has 2 heterocycles. The summed E-state index contributed by atoms with van der Waals surface area (Å²) < 4.78 is 28.9. The summed E-state index contributed by atoms with van der Waals surface area (Å²) in [4.78, 5) is 0.112. The molecule has 0 unspecified atom stereocenters. The second-order valence-electron chi connectivity index (χ2n) is 3.33. The molecule has 0 aliphatic heterocycles. The SMILES string of the molecule is Cn1cc(S(=O)(=O)Nc2ccn(C)n2)cn1. The molecule has 0 radical (unpaired) electrons. The van der Waals surface area contributed by atoms with Gasteiger partial charge in [0.25, 0.3) is 10.0 Å². The summed E-state index contributed by atoms with van der Waals surface area (Å²) in [5, 5.41) is 7.73. The van der Waals surface area contributed by atoms with Gasteiger partial charge in [-0.15, -0.1) is 0 Å². The van der Waals surface area contributed by atoms with Gasteiger partial charge in [0.1, 0.15) is 4.90 Å². The molecular formula is C8H11N5O2S. The highest BCUT2D eigenvalue weighted by molar-refractivity contribution is 7.92. The number of sulfonamides is 1. The maximum absolute atomic E-state index is 11.8. The molecule has 0 aliphatic carbocycles. The molecule has 0 aliphatic rings. The lowest BCUT2D eigenvalue weighted by atomic mass is 10.7. The first-order valence-corrected chi connectivity index (χ1v) is 5.97. The van der Waals surface area contributed by atoms with Crippen LogP contribution in [0.3, 0.4) is 0 Å². The molecular weight excluding hydrogens is 230 g/mol. The highest BCUT2D eigenvalue weighted by Crippen LogP contribution is 2.12. The lowest BCUT2D eigenvalue weighted by Crippen LogP contribution is -2.12. The number of hydrogen-bond acceptors (Lipinski definition) is 4. The zero-order chi connectivity index (χ0) is 11.8. The summed E-state index contributed by atoms with van der Waals surface area (Å²) in [5.41, 5.74) is 0. The zero-order valence-electron chi connectivity index (χ0n) is 8.82. The number of hydrogen-bond donors (Lipinski definition) is 1. The Morgan fingerprint density at radius 3 is 2.56 bits per heavy atom. The third-order valence-corrected chi connectivity index (χ3v) is 3.25. The number of rotatable bonds is 3. The van der Waals surface area contributed by atoms with E-state index in [1.165, 1.54) is 21.8 Å². The van der Waals surface area contributed by atoms with Gasteiger partial charge >= 0.3 is 0 Å². The Morgan fingerprint density at radius 1 is 1.31 bits per heavy atom. The average molecular weight is 241 g/mol. The van der Waals surface area contributed by atoms with Crippen LogP contribution >= 0.6 is 0 Å². The predicted molar refractivity (Wildman–Crippen MR) is 57.2 cm³/mol. The van der Waals surface area contributed by atoms with E-state index in [-0.39, 0.29) is 10.7 Å². The standard InChI is InChI=1S/C8H11N5O2S/c1-12-4-3-8(10-12)11-16(14,15)7-5-9-13(2)6-7/h3-6H,1-2H3,(H,10,11). The number of aromatic nitrogens is 4. The fourth-order valence-electron chi connectivity index (χ4n) is 1.20. The molecule has 1 N–H and O–H groups in total. The van der Waals surface area contributed by atoms with Gasteiger partial charge in [-0.3, -0.25) is 14.1 Å². The van der Waals surface area contributed by atoms with Crippen molar-refractivity contribution in [1.82, 2.24) is 19.6 Å². The van der Waals surface area contributed by atoms with E-state index in [0.29, 0.717) is 0 Å². The van der Waals surface area contributed by atoms with E-state index in [9.17, 15) is 8.42 Å². The van der Waals surface area contributed by atoms with E-state index in [1.54, 1.807) is 26.4 Å². The van der Waals surface area contributed by atoms with Gasteiger partial charge in [-0.25, -0.2) is 8.42 Å². The highest BCUT2D eigenvalue weighted by atomic mass is 32.2. The lowest BCUT2D eigenvalue weighted by Gasteiger charge is -2.01. The fourth-order valence-corrected chi connectivity index (χ4v) is 2.18. The summed E-state index contributed by atoms with van der Waals surface area (Å²) in [6, 6.07) is 1.58. The molecule has 2 rings (SSSR count). The molecule has 0 atom stereocenters. The molecule has 0 aromatic carbocycles. The third-order valence-electron chi connectivity index (χ3n) is 1.94. The number of nitrogens with zero attached hydrogens (tertiary/aromatic N) is 4. The van der Waals surface area contributed by atoms with Crippen LogP contribution in [0.1, 0.15) is 0 Å². The van der Waals surface area contributed by atoms with Crippen LogP contribution in [0.4, 0.5) is 5.82 Å². The minimum atomic E-state index is -3.59. The lowest BCUT2D eigenvalue weighted by molar-refractivity contribution is 0.600. The molecule has 0 fully saturated rings. The Morgan fingerprint density at radius 2 is 2.06 bits per heavy atom. The van der Waals surface area contributed by atoms with Gasteiger partial charge in [0.2, 0.25) is 0 Å². The molecule has 0 amide bonds. The van der Waals surface area contributed by atoms with E-state index >= 15 is 0 Å². The van der Waals surface area contributed by atoms with Crippen molar-refractivity contribution >= 4 is 15.8 Å². The van der Waals surface area contributed by atoms with Crippen LogP contribution in [-0.2, 0) is 24.1 Å². The van der Waals surface area contributed by atoms with Gasteiger partial charge < -0.3 is 0 Å². The van der Waals surface area contributed by atoms with E-state index in [2.05, 4.69) is 14.9 Å². The van der Waals surface area contributed by atoms with Crippen molar-refractivity contribution in [3.8, 4) is 0 Å². The van der Waals surface area contributed by atoms with Crippen molar-refractivity contribution < 1.29 is 8.42 Å². The van der Waals surface area contributed by atoms with E-state index in [0.717, 1.165) is 0 Å². The van der Waals surface area contributed by atoms with Crippen LogP contribution < -0.4 is 4.72 Å². The molecule has 0 saturated carbocycles. The highest BCUT2D eigenvalue weighted by Gasteiger charge is 2.16. The topological polar surface area (TPSA) is 81.8 Å². The zero-order valence-corrected chi connectivity index (χ0v) is 9.64. The summed E-state index contributed by atoms with van der Waals surface area (Å²) in [5.74, 6) is 0.284. The van der Waals surface area contributed by atoms with Gasteiger partial charge in [-0.2, -0.15) is 10.2 Å². The maximum Gasteiger partial charge on any atom is 0.266 e. The van der Waals surface area contributed by atoms with Crippen LogP contribution in [0.5, 0.6) is 0 Å². The molecule has 0 spiro atoms. The van der Waals surface area contributed by atoms with E-state index < -0.39 is 10.0 Å². The molecule has 86 valence electrons. The van der Waals surface area contributed by atoms with Crippen molar-refractivity contribution in [3.63, 3.8) is 0 Å². The summed E-state index contributed by atoms with van der Waals surface area (Å²) in [6.45, 7) is 0. The second-order valence-corrected chi connectivity index (χ2v) is 5.01. The monoisotopic (exact) mass is 241 g/mol. The normalized spacial score (nSPS) is 11.6. The van der Waals surface area contributed by atoms with Gasteiger partial charge in [-0.1, -0.05) is 0 Å². The smallest absolute Gasteiger partial charge is 0.266 e. The average Bonchev–Trinajstić information content (AvgIpc) is 2.75. The Bertz CT molecular complexity index is 597. The predicted octanol–water partition coefficient (Wildman–Crippen LogP) is -0.0456. The van der Waals surface area contributed by atoms with Gasteiger partial charge in [0.15, 0.2) is 5.82 Å². The minimum Gasteiger partial charge on any atom is -0.274 e. The number of anilines is 1. The summed E-state index contributed by atoms with van der Waals surface area (Å²) in [7, 11) is -0.226. The molecule has 0 bridgehead atoms. The molecule has 7 nitrogen and oxygen atoms in total. The largest absolute Gasteiger partial charge is 0.274 e. The molecule has 16 heavy (non-hydrogen) atoms. The Balaban J connectivity index is 2.27. The molecule has 8 heteroatoms. The van der Waals surface area contributed by atoms with Crippen molar-refractivity contribution in [3.05, 3.63) is 24.7 Å². The maximum atomic E-state index is 11.8. The Labute approximate surface area is 92.7 Å². The second kappa shape index (κ2) is 3.63. The van der Waals surface area contributed by atoms with Crippen LogP contribution in [0.2, 0.25) is 0 Å². The first-order valence-electron chi connectivity index (χ1n) is 4.48. The Hall–Kier alpha value is -1.83. The fraction of sp³-hybridized carbons (Fsp3) is 0.250. The first-order chi connectivity index (χ1) is 7.47. The molecule has 2 aromatic heterocycles. The summed E-state index contributed by atoms with van der Waals surface area (Å²) in [6.07, 6.45) is 4.36. The van der Waals surface area contributed by atoms with Crippen molar-refractivity contribution in [2.24, 2.45) is 14.1 Å². The third kappa shape index (κ3) is 2.06. The molecule has 2 aromatic rings. The van der Waals surface area contributed by atoms with Gasteiger partial charge in [0.05, 0.1) is 6.20 Å². The van der Waals surface area contributed by atoms with Gasteiger partial charge in [-0.05, 0) is 0 Å². The number of nitrogens with one attached hydrogen (secondary N) is 1. The molecule has 0 saturated heterocycles. The van der Waals surface area contributed by atoms with Crippen molar-refractivity contribution in [1.29, 1.82) is 0 Å². The quantitative estimate of drug-likeness (QED) is 0.817. The van der Waals surface area contributed by atoms with E-state index in [1.807, 2.05) is 0 Å².